The molecule has 0 spiro atoms. The molecule has 1 atom stereocenters. The van der Waals surface area contributed by atoms with E-state index >= 15 is 0 Å². The molecular formula is C21H23BrN2O4S. The Bertz CT molecular complexity index is 1030. The van der Waals surface area contributed by atoms with Crippen molar-refractivity contribution in [2.45, 2.75) is 37.2 Å². The molecule has 0 saturated heterocycles. The highest BCUT2D eigenvalue weighted by Gasteiger charge is 2.36. The van der Waals surface area contributed by atoms with Crippen molar-refractivity contribution in [2.24, 2.45) is 0 Å². The number of aryl methyl sites for hydroxylation is 2. The van der Waals surface area contributed by atoms with E-state index in [0.29, 0.717) is 16.9 Å². The number of alkyl halides is 1. The van der Waals surface area contributed by atoms with E-state index in [1.807, 2.05) is 0 Å². The molecular weight excluding hydrogens is 456 g/mol. The largest absolute Gasteiger partial charge is 0.379 e. The minimum Gasteiger partial charge on any atom is -0.379 e. The van der Waals surface area contributed by atoms with E-state index in [2.05, 4.69) is 26.1 Å². The van der Waals surface area contributed by atoms with Crippen molar-refractivity contribution in [1.29, 1.82) is 0 Å². The third kappa shape index (κ3) is 6.13. The van der Waals surface area contributed by atoms with Gasteiger partial charge in [0.1, 0.15) is 0 Å². The van der Waals surface area contributed by atoms with Gasteiger partial charge < -0.3 is 10.4 Å². The smallest absolute Gasteiger partial charge is 0.257 e. The zero-order chi connectivity index (χ0) is 21.7. The van der Waals surface area contributed by atoms with Crippen LogP contribution in [0.1, 0.15) is 24.5 Å². The van der Waals surface area contributed by atoms with E-state index in [1.54, 1.807) is 31.2 Å². The van der Waals surface area contributed by atoms with Crippen LogP contribution in [0.15, 0.2) is 47.4 Å². The number of aliphatic hydroxyl groups is 1. The van der Waals surface area contributed by atoms with Gasteiger partial charge in [-0.3, -0.25) is 4.79 Å². The molecule has 2 rings (SSSR count). The van der Waals surface area contributed by atoms with Crippen molar-refractivity contribution < 1.29 is 18.3 Å². The summed E-state index contributed by atoms with van der Waals surface area (Å²) in [6.07, 6.45) is 1.77. The standard InChI is InChI=1S/C21H23BrN2O4S/c1-15-13-17(8-11-19(15)23-3)24-20(25)21(2,26)14-29(27,28)18-9-6-16(7-10-18)5-4-12-22/h6-11,13,26H,4-5,12,14H2,1-2H3,(H,24,25)/t21-/m1/s1. The molecule has 2 N–H and O–H groups in total. The highest BCUT2D eigenvalue weighted by atomic mass is 79.9. The topological polar surface area (TPSA) is 87.8 Å². The first-order valence-electron chi connectivity index (χ1n) is 8.98. The van der Waals surface area contributed by atoms with Gasteiger partial charge in [-0.25, -0.2) is 13.3 Å². The van der Waals surface area contributed by atoms with E-state index in [9.17, 15) is 18.3 Å². The zero-order valence-electron chi connectivity index (χ0n) is 16.3. The minimum atomic E-state index is -3.87. The molecule has 1 amide bonds. The number of benzene rings is 2. The van der Waals surface area contributed by atoms with Crippen LogP contribution in [0.2, 0.25) is 0 Å². The van der Waals surface area contributed by atoms with Crippen LogP contribution >= 0.6 is 15.9 Å². The van der Waals surface area contributed by atoms with Crippen molar-refractivity contribution in [3.63, 3.8) is 0 Å². The fourth-order valence-corrected chi connectivity index (χ4v) is 4.65. The predicted molar refractivity (Wildman–Crippen MR) is 117 cm³/mol. The molecule has 0 aliphatic rings. The Morgan fingerprint density at radius 1 is 1.24 bits per heavy atom. The Balaban J connectivity index is 2.12. The average molecular weight is 479 g/mol. The van der Waals surface area contributed by atoms with Gasteiger partial charge in [-0.05, 0) is 62.1 Å². The number of rotatable bonds is 8. The van der Waals surface area contributed by atoms with Crippen LogP contribution in [0.3, 0.4) is 0 Å². The maximum absolute atomic E-state index is 12.7. The second-order valence-corrected chi connectivity index (χ2v) is 9.82. The Morgan fingerprint density at radius 2 is 1.90 bits per heavy atom. The molecule has 0 aliphatic carbocycles. The first-order valence-corrected chi connectivity index (χ1v) is 11.8. The molecule has 0 heterocycles. The van der Waals surface area contributed by atoms with E-state index in [-0.39, 0.29) is 4.90 Å². The lowest BCUT2D eigenvalue weighted by molar-refractivity contribution is -0.130. The summed E-state index contributed by atoms with van der Waals surface area (Å²) in [5, 5.41) is 13.9. The van der Waals surface area contributed by atoms with E-state index in [0.717, 1.165) is 23.7 Å². The van der Waals surface area contributed by atoms with Gasteiger partial charge in [0.05, 0.1) is 17.2 Å². The monoisotopic (exact) mass is 478 g/mol. The van der Waals surface area contributed by atoms with Crippen molar-refractivity contribution >= 4 is 43.0 Å². The van der Waals surface area contributed by atoms with Crippen LogP contribution in [0, 0.1) is 13.5 Å². The summed E-state index contributed by atoms with van der Waals surface area (Å²) in [5.41, 5.74) is 0.404. The lowest BCUT2D eigenvalue weighted by Crippen LogP contribution is -2.45. The molecule has 0 aromatic heterocycles. The van der Waals surface area contributed by atoms with Crippen LogP contribution in [0.4, 0.5) is 11.4 Å². The van der Waals surface area contributed by atoms with Crippen LogP contribution in [0.5, 0.6) is 0 Å². The van der Waals surface area contributed by atoms with Crippen LogP contribution in [0.25, 0.3) is 4.85 Å². The maximum Gasteiger partial charge on any atom is 0.257 e. The molecule has 8 heteroatoms. The number of sulfone groups is 1. The fourth-order valence-electron chi connectivity index (χ4n) is 2.78. The molecule has 0 aliphatic heterocycles. The lowest BCUT2D eigenvalue weighted by atomic mass is 10.1. The highest BCUT2D eigenvalue weighted by Crippen LogP contribution is 2.24. The van der Waals surface area contributed by atoms with Gasteiger partial charge in [0.2, 0.25) is 0 Å². The van der Waals surface area contributed by atoms with Crippen molar-refractivity contribution in [3.8, 4) is 0 Å². The number of halogens is 1. The number of anilines is 1. The van der Waals surface area contributed by atoms with Gasteiger partial charge >= 0.3 is 0 Å². The Labute approximate surface area is 179 Å². The van der Waals surface area contributed by atoms with Gasteiger partial charge in [0, 0.05) is 11.0 Å². The maximum atomic E-state index is 12.7. The normalized spacial score (nSPS) is 13.3. The summed E-state index contributed by atoms with van der Waals surface area (Å²) in [7, 11) is -3.87. The SMILES string of the molecule is [C-]#[N+]c1ccc(NC(=O)[C@](C)(O)CS(=O)(=O)c2ccc(CCCBr)cc2)cc1C. The fraction of sp³-hybridized carbons (Fsp3) is 0.333. The Morgan fingerprint density at radius 3 is 2.45 bits per heavy atom. The number of hydrogen-bond acceptors (Lipinski definition) is 4. The molecule has 0 radical (unpaired) electrons. The van der Waals surface area contributed by atoms with Gasteiger partial charge in [-0.1, -0.05) is 34.1 Å². The van der Waals surface area contributed by atoms with Crippen LogP contribution in [-0.2, 0) is 21.1 Å². The molecule has 2 aromatic carbocycles. The van der Waals surface area contributed by atoms with Gasteiger partial charge in [-0.15, -0.1) is 0 Å². The first kappa shape index (κ1) is 23.1. The lowest BCUT2D eigenvalue weighted by Gasteiger charge is -2.22. The van der Waals surface area contributed by atoms with Gasteiger partial charge in [-0.2, -0.15) is 0 Å². The number of carbonyl (C=O) groups is 1. The van der Waals surface area contributed by atoms with Gasteiger partial charge in [0.15, 0.2) is 21.1 Å². The quantitative estimate of drug-likeness (QED) is 0.442. The number of amides is 1. The first-order chi connectivity index (χ1) is 13.6. The van der Waals surface area contributed by atoms with Crippen LogP contribution in [-0.4, -0.2) is 36.1 Å². The summed E-state index contributed by atoms with van der Waals surface area (Å²) < 4.78 is 25.4. The second kappa shape index (κ2) is 9.53. The summed E-state index contributed by atoms with van der Waals surface area (Å²) in [6, 6.07) is 11.2. The zero-order valence-corrected chi connectivity index (χ0v) is 18.7. The van der Waals surface area contributed by atoms with Crippen LogP contribution < -0.4 is 5.32 Å². The predicted octanol–water partition coefficient (Wildman–Crippen LogP) is 4.04. The Hall–Kier alpha value is -2.21. The van der Waals surface area contributed by atoms with Crippen molar-refractivity contribution in [1.82, 2.24) is 0 Å². The number of nitrogens with zero attached hydrogens (tertiary/aromatic N) is 1. The molecule has 0 unspecified atom stereocenters. The third-order valence-corrected chi connectivity index (χ3v) is 6.91. The third-order valence-electron chi connectivity index (χ3n) is 4.42. The molecule has 29 heavy (non-hydrogen) atoms. The minimum absolute atomic E-state index is 0.0606. The molecule has 2 aromatic rings. The summed E-state index contributed by atoms with van der Waals surface area (Å²) in [4.78, 5) is 15.9. The van der Waals surface area contributed by atoms with Crippen molar-refractivity contribution in [3.05, 3.63) is 65.0 Å². The summed E-state index contributed by atoms with van der Waals surface area (Å²) in [6.45, 7) is 9.95. The van der Waals surface area contributed by atoms with Gasteiger partial charge in [0.25, 0.3) is 5.91 Å². The number of hydrogen-bond donors (Lipinski definition) is 2. The highest BCUT2D eigenvalue weighted by molar-refractivity contribution is 9.09. The average Bonchev–Trinajstić information content (AvgIpc) is 2.66. The van der Waals surface area contributed by atoms with E-state index < -0.39 is 27.1 Å². The summed E-state index contributed by atoms with van der Waals surface area (Å²) >= 11 is 3.36. The summed E-state index contributed by atoms with van der Waals surface area (Å²) in [5.74, 6) is -1.57. The number of carbonyl (C=O) groups excluding carboxylic acids is 1. The Kier molecular flexibility index (Phi) is 7.58. The van der Waals surface area contributed by atoms with E-state index in [1.165, 1.54) is 25.1 Å². The number of nitrogens with one attached hydrogen (secondary N) is 1. The van der Waals surface area contributed by atoms with E-state index in [4.69, 9.17) is 6.57 Å². The van der Waals surface area contributed by atoms with Crippen molar-refractivity contribution in [2.75, 3.05) is 16.4 Å². The second-order valence-electron chi connectivity index (χ2n) is 7.04. The molecule has 154 valence electrons. The molecule has 0 fully saturated rings. The molecule has 6 nitrogen and oxygen atoms in total. The molecule has 0 bridgehead atoms. The molecule has 0 saturated carbocycles.